The Labute approximate surface area is 118 Å². The average Bonchev–Trinajstić information content (AvgIpc) is 3.02. The number of hydrogen-bond donors (Lipinski definition) is 2. The second-order valence-electron chi connectivity index (χ2n) is 4.05. The lowest BCUT2D eigenvalue weighted by molar-refractivity contribution is 0.316. The highest BCUT2D eigenvalue weighted by atomic mass is 35.5. The third-order valence-electron chi connectivity index (χ3n) is 2.76. The topological polar surface area (TPSA) is 77.0 Å². The molecule has 0 aliphatic heterocycles. The third kappa shape index (κ3) is 2.50. The van der Waals surface area contributed by atoms with Crippen LogP contribution in [0.25, 0.3) is 11.0 Å². The number of nitrogen functional groups attached to an aromatic ring is 1. The van der Waals surface area contributed by atoms with Crippen LogP contribution < -0.4 is 11.1 Å². The summed E-state index contributed by atoms with van der Waals surface area (Å²) >= 11 is 7.48. The predicted molar refractivity (Wildman–Crippen MR) is 77.7 cm³/mol. The fourth-order valence-corrected chi connectivity index (χ4v) is 2.92. The number of hydrogen-bond acceptors (Lipinski definition) is 6. The van der Waals surface area contributed by atoms with E-state index in [4.69, 9.17) is 22.0 Å². The van der Waals surface area contributed by atoms with Crippen LogP contribution in [0.1, 0.15) is 4.88 Å². The molecule has 0 amide bonds. The van der Waals surface area contributed by atoms with E-state index in [0.717, 1.165) is 23.0 Å². The Bertz CT molecular complexity index is 709. The van der Waals surface area contributed by atoms with Gasteiger partial charge in [-0.2, -0.15) is 0 Å². The molecule has 98 valence electrons. The Kier molecular flexibility index (Phi) is 3.27. The highest BCUT2D eigenvalue weighted by Crippen LogP contribution is 2.25. The first-order chi connectivity index (χ1) is 9.24. The molecule has 2 aromatic heterocycles. The van der Waals surface area contributed by atoms with Crippen molar-refractivity contribution in [1.82, 2.24) is 10.3 Å². The lowest BCUT2D eigenvalue weighted by Gasteiger charge is -2.05. The van der Waals surface area contributed by atoms with Crippen molar-refractivity contribution in [2.75, 3.05) is 17.6 Å². The summed E-state index contributed by atoms with van der Waals surface area (Å²) in [5.74, 6) is 0. The number of thiophene rings is 1. The maximum Gasteiger partial charge on any atom is 0.160 e. The van der Waals surface area contributed by atoms with Gasteiger partial charge in [0.2, 0.25) is 0 Å². The van der Waals surface area contributed by atoms with Crippen LogP contribution in [0.4, 0.5) is 11.4 Å². The summed E-state index contributed by atoms with van der Waals surface area (Å²) in [6, 6.07) is 7.61. The van der Waals surface area contributed by atoms with Gasteiger partial charge < -0.3 is 11.1 Å². The van der Waals surface area contributed by atoms with Crippen molar-refractivity contribution in [1.29, 1.82) is 0 Å². The lowest BCUT2D eigenvalue weighted by Crippen LogP contribution is -2.04. The molecule has 0 spiro atoms. The highest BCUT2D eigenvalue weighted by Gasteiger charge is 2.09. The van der Waals surface area contributed by atoms with E-state index in [1.54, 1.807) is 17.4 Å². The number of anilines is 2. The fraction of sp³-hybridized carbons (Fsp3) is 0.167. The molecule has 0 aliphatic rings. The number of nitrogens with zero attached hydrogens (tertiary/aromatic N) is 2. The van der Waals surface area contributed by atoms with Crippen molar-refractivity contribution in [3.8, 4) is 0 Å². The number of nitrogens with two attached hydrogens (primary N) is 1. The zero-order valence-corrected chi connectivity index (χ0v) is 11.5. The van der Waals surface area contributed by atoms with Crippen LogP contribution in [0.15, 0.2) is 28.9 Å². The molecular weight excluding hydrogens is 284 g/mol. The van der Waals surface area contributed by atoms with Crippen LogP contribution in [0.5, 0.6) is 0 Å². The molecule has 19 heavy (non-hydrogen) atoms. The van der Waals surface area contributed by atoms with E-state index in [-0.39, 0.29) is 0 Å². The Hall–Kier alpha value is -1.79. The minimum atomic E-state index is 0.562. The molecule has 0 radical (unpaired) electrons. The van der Waals surface area contributed by atoms with Crippen LogP contribution in [0.3, 0.4) is 0 Å². The molecule has 0 saturated heterocycles. The molecule has 0 atom stereocenters. The summed E-state index contributed by atoms with van der Waals surface area (Å²) in [7, 11) is 0. The standard InChI is InChI=1S/C12H11ClN4OS/c13-10-4-1-7(19-10)5-6-15-9-3-2-8(14)11-12(9)17-18-16-11/h1-4,15H,5-6,14H2. The Morgan fingerprint density at radius 1 is 1.21 bits per heavy atom. The molecule has 5 nitrogen and oxygen atoms in total. The average molecular weight is 295 g/mol. The number of nitrogens with one attached hydrogen (secondary N) is 1. The summed E-state index contributed by atoms with van der Waals surface area (Å²) < 4.78 is 5.53. The Morgan fingerprint density at radius 2 is 2.05 bits per heavy atom. The largest absolute Gasteiger partial charge is 0.397 e. The van der Waals surface area contributed by atoms with E-state index < -0.39 is 0 Å². The zero-order chi connectivity index (χ0) is 13.2. The van der Waals surface area contributed by atoms with Gasteiger partial charge in [-0.15, -0.1) is 11.3 Å². The molecule has 0 saturated carbocycles. The minimum Gasteiger partial charge on any atom is -0.397 e. The summed E-state index contributed by atoms with van der Waals surface area (Å²) in [4.78, 5) is 1.24. The maximum absolute atomic E-state index is 5.89. The number of benzene rings is 1. The predicted octanol–water partition coefficient (Wildman–Crippen LogP) is 3.17. The quantitative estimate of drug-likeness (QED) is 0.723. The monoisotopic (exact) mass is 294 g/mol. The van der Waals surface area contributed by atoms with Gasteiger partial charge in [-0.05, 0) is 41.0 Å². The first-order valence-corrected chi connectivity index (χ1v) is 6.92. The van der Waals surface area contributed by atoms with Crippen molar-refractivity contribution in [2.45, 2.75) is 6.42 Å². The fourth-order valence-electron chi connectivity index (χ4n) is 1.83. The van der Waals surface area contributed by atoms with Gasteiger partial charge in [0.1, 0.15) is 0 Å². The van der Waals surface area contributed by atoms with E-state index in [1.165, 1.54) is 4.88 Å². The third-order valence-corrected chi connectivity index (χ3v) is 4.05. The van der Waals surface area contributed by atoms with Crippen molar-refractivity contribution < 1.29 is 4.63 Å². The van der Waals surface area contributed by atoms with Crippen molar-refractivity contribution in [3.63, 3.8) is 0 Å². The van der Waals surface area contributed by atoms with Crippen LogP contribution in [0.2, 0.25) is 4.34 Å². The van der Waals surface area contributed by atoms with Gasteiger partial charge in [-0.3, -0.25) is 0 Å². The van der Waals surface area contributed by atoms with Crippen LogP contribution >= 0.6 is 22.9 Å². The second-order valence-corrected chi connectivity index (χ2v) is 5.85. The summed E-state index contributed by atoms with van der Waals surface area (Å²) in [6.07, 6.45) is 0.897. The van der Waals surface area contributed by atoms with Crippen molar-refractivity contribution in [2.24, 2.45) is 0 Å². The number of halogens is 1. The molecule has 0 bridgehead atoms. The molecule has 3 rings (SSSR count). The molecule has 3 aromatic rings. The lowest BCUT2D eigenvalue weighted by atomic mass is 10.2. The SMILES string of the molecule is Nc1ccc(NCCc2ccc(Cl)s2)c2nonc12. The van der Waals surface area contributed by atoms with Crippen LogP contribution in [-0.4, -0.2) is 16.9 Å². The summed E-state index contributed by atoms with van der Waals surface area (Å²) in [5, 5.41) is 10.9. The van der Waals surface area contributed by atoms with Gasteiger partial charge in [-0.25, -0.2) is 4.63 Å². The normalized spacial score (nSPS) is 11.0. The van der Waals surface area contributed by atoms with Gasteiger partial charge in [0.15, 0.2) is 11.0 Å². The Morgan fingerprint density at radius 3 is 2.84 bits per heavy atom. The van der Waals surface area contributed by atoms with Gasteiger partial charge in [0.25, 0.3) is 0 Å². The number of aromatic nitrogens is 2. The van der Waals surface area contributed by atoms with Crippen LogP contribution in [-0.2, 0) is 6.42 Å². The molecule has 0 aliphatic carbocycles. The van der Waals surface area contributed by atoms with Gasteiger partial charge in [0, 0.05) is 11.4 Å². The number of rotatable bonds is 4. The maximum atomic E-state index is 5.89. The van der Waals surface area contributed by atoms with Gasteiger partial charge in [0.05, 0.1) is 15.7 Å². The summed E-state index contributed by atoms with van der Waals surface area (Å²) in [5.41, 5.74) is 8.46. The van der Waals surface area contributed by atoms with Crippen molar-refractivity contribution >= 4 is 45.3 Å². The van der Waals surface area contributed by atoms with Gasteiger partial charge in [-0.1, -0.05) is 11.6 Å². The Balaban J connectivity index is 1.72. The molecule has 0 fully saturated rings. The zero-order valence-electron chi connectivity index (χ0n) is 9.89. The first-order valence-electron chi connectivity index (χ1n) is 5.73. The summed E-state index contributed by atoms with van der Waals surface area (Å²) in [6.45, 7) is 0.780. The molecular formula is C12H11ClN4OS. The van der Waals surface area contributed by atoms with Crippen molar-refractivity contribution in [3.05, 3.63) is 33.5 Å². The smallest absolute Gasteiger partial charge is 0.160 e. The molecule has 3 N–H and O–H groups in total. The van der Waals surface area contributed by atoms with E-state index in [1.807, 2.05) is 18.2 Å². The van der Waals surface area contributed by atoms with Gasteiger partial charge >= 0.3 is 0 Å². The second kappa shape index (κ2) is 5.07. The minimum absolute atomic E-state index is 0.562. The first kappa shape index (κ1) is 12.3. The van der Waals surface area contributed by atoms with Crippen LogP contribution in [0, 0.1) is 0 Å². The number of fused-ring (bicyclic) bond motifs is 1. The molecule has 1 aromatic carbocycles. The molecule has 2 heterocycles. The van der Waals surface area contributed by atoms with E-state index in [2.05, 4.69) is 15.6 Å². The van der Waals surface area contributed by atoms with E-state index in [0.29, 0.717) is 16.7 Å². The van der Waals surface area contributed by atoms with E-state index in [9.17, 15) is 0 Å². The molecule has 7 heteroatoms. The van der Waals surface area contributed by atoms with E-state index >= 15 is 0 Å². The molecule has 0 unspecified atom stereocenters. The highest BCUT2D eigenvalue weighted by molar-refractivity contribution is 7.16.